The van der Waals surface area contributed by atoms with Gasteiger partial charge in [-0.15, -0.1) is 0 Å². The van der Waals surface area contributed by atoms with Gasteiger partial charge < -0.3 is 14.5 Å². The molecule has 0 aliphatic heterocycles. The number of amides is 1. The third-order valence-corrected chi connectivity index (χ3v) is 5.32. The van der Waals surface area contributed by atoms with Gasteiger partial charge in [-0.25, -0.2) is 4.79 Å². The second kappa shape index (κ2) is 8.41. The van der Waals surface area contributed by atoms with Gasteiger partial charge >= 0.3 is 5.69 Å². The highest BCUT2D eigenvalue weighted by Gasteiger charge is 2.19. The fourth-order valence-electron chi connectivity index (χ4n) is 3.33. The lowest BCUT2D eigenvalue weighted by Gasteiger charge is -2.10. The highest BCUT2D eigenvalue weighted by molar-refractivity contribution is 9.10. The topological polar surface area (TPSA) is 86.4 Å². The van der Waals surface area contributed by atoms with E-state index in [9.17, 15) is 9.59 Å². The van der Waals surface area contributed by atoms with Gasteiger partial charge in [-0.1, -0.05) is 35.0 Å². The summed E-state index contributed by atoms with van der Waals surface area (Å²) in [6.45, 7) is 2.54. The van der Waals surface area contributed by atoms with Crippen LogP contribution in [-0.2, 0) is 16.1 Å². The summed E-state index contributed by atoms with van der Waals surface area (Å²) in [6.07, 6.45) is 0.401. The van der Waals surface area contributed by atoms with E-state index in [0.29, 0.717) is 47.6 Å². The molecule has 0 radical (unpaired) electrons. The summed E-state index contributed by atoms with van der Waals surface area (Å²) in [5.41, 5.74) is 3.38. The van der Waals surface area contributed by atoms with Crippen molar-refractivity contribution in [3.05, 3.63) is 57.4 Å². The molecule has 2 aromatic heterocycles. The maximum atomic E-state index is 12.9. The number of carbonyl (C=O) groups is 1. The van der Waals surface area contributed by atoms with Crippen molar-refractivity contribution in [1.29, 1.82) is 0 Å². The van der Waals surface area contributed by atoms with Gasteiger partial charge in [0.2, 0.25) is 5.91 Å². The van der Waals surface area contributed by atoms with Gasteiger partial charge in [0.1, 0.15) is 16.8 Å². The van der Waals surface area contributed by atoms with E-state index in [2.05, 4.69) is 26.2 Å². The Morgan fingerprint density at radius 2 is 2.00 bits per heavy atom. The number of rotatable bonds is 6. The molecule has 4 rings (SSSR count). The van der Waals surface area contributed by atoms with Gasteiger partial charge in [0.15, 0.2) is 5.58 Å². The highest BCUT2D eigenvalue weighted by Crippen LogP contribution is 2.35. The van der Waals surface area contributed by atoms with E-state index in [1.807, 2.05) is 30.3 Å². The Labute approximate surface area is 180 Å². The number of aromatic nitrogens is 2. The summed E-state index contributed by atoms with van der Waals surface area (Å²) in [6, 6.07) is 12.9. The number of methoxy groups -OCH3 is 1. The number of carbonyl (C=O) groups excluding carboxylic acids is 1. The van der Waals surface area contributed by atoms with Crippen LogP contribution in [0.2, 0.25) is 0 Å². The largest absolute Gasteiger partial charge is 0.452 e. The average molecular weight is 470 g/mol. The quantitative estimate of drug-likeness (QED) is 0.446. The first-order chi connectivity index (χ1) is 14.5. The van der Waals surface area contributed by atoms with E-state index in [1.54, 1.807) is 30.7 Å². The van der Waals surface area contributed by atoms with E-state index in [0.717, 1.165) is 15.4 Å². The summed E-state index contributed by atoms with van der Waals surface area (Å²) in [5, 5.41) is 3.64. The van der Waals surface area contributed by atoms with Crippen LogP contribution in [0.15, 0.2) is 56.1 Å². The first-order valence-corrected chi connectivity index (χ1v) is 10.3. The summed E-state index contributed by atoms with van der Waals surface area (Å²) >= 11 is 3.46. The van der Waals surface area contributed by atoms with E-state index in [1.165, 1.54) is 0 Å². The van der Waals surface area contributed by atoms with E-state index < -0.39 is 0 Å². The second-order valence-electron chi connectivity index (χ2n) is 6.79. The Morgan fingerprint density at radius 3 is 2.70 bits per heavy atom. The third-order valence-electron chi connectivity index (χ3n) is 4.83. The Hall–Kier alpha value is -2.97. The number of anilines is 1. The molecule has 2 heterocycles. The van der Waals surface area contributed by atoms with Crippen LogP contribution in [0.3, 0.4) is 0 Å². The molecule has 0 saturated heterocycles. The molecule has 0 aliphatic carbocycles. The normalized spacial score (nSPS) is 11.3. The fraction of sp³-hybridized carbons (Fsp3) is 0.227. The zero-order valence-electron chi connectivity index (χ0n) is 16.6. The summed E-state index contributed by atoms with van der Waals surface area (Å²) < 4.78 is 13.8. The number of halogens is 1. The Bertz CT molecular complexity index is 1290. The van der Waals surface area contributed by atoms with Crippen molar-refractivity contribution < 1.29 is 13.9 Å². The van der Waals surface area contributed by atoms with Crippen LogP contribution in [0.5, 0.6) is 0 Å². The Kier molecular flexibility index (Phi) is 5.69. The standard InChI is InChI=1S/C22H20BrN3O4/c1-3-18(27)24-15-7-4-13(5-8-15)19-21-20(26(10-11-29-2)22(28)25-19)16-9-6-14(23)12-17(16)30-21/h4-9,12H,3,10-11H2,1-2H3,(H,24,27). The maximum absolute atomic E-state index is 12.9. The Balaban J connectivity index is 1.91. The lowest BCUT2D eigenvalue weighted by Crippen LogP contribution is -2.25. The number of nitrogens with one attached hydrogen (secondary N) is 1. The van der Waals surface area contributed by atoms with Gasteiger partial charge in [0.05, 0.1) is 13.2 Å². The van der Waals surface area contributed by atoms with Crippen molar-refractivity contribution >= 4 is 49.6 Å². The van der Waals surface area contributed by atoms with Crippen LogP contribution in [0, 0.1) is 0 Å². The zero-order valence-corrected chi connectivity index (χ0v) is 18.2. The molecule has 1 N–H and O–H groups in total. The molecule has 7 nitrogen and oxygen atoms in total. The SMILES string of the molecule is CCC(=O)Nc1ccc(-c2nc(=O)n(CCOC)c3c2oc2cc(Br)ccc23)cc1. The minimum Gasteiger partial charge on any atom is -0.452 e. The molecule has 30 heavy (non-hydrogen) atoms. The first-order valence-electron chi connectivity index (χ1n) is 9.53. The van der Waals surface area contributed by atoms with Gasteiger partial charge in [0, 0.05) is 34.6 Å². The molecule has 0 spiro atoms. The number of furan rings is 1. The molecule has 0 fully saturated rings. The average Bonchev–Trinajstić information content (AvgIpc) is 3.11. The molecule has 0 aliphatic rings. The summed E-state index contributed by atoms with van der Waals surface area (Å²) in [5.74, 6) is -0.0631. The van der Waals surface area contributed by atoms with Crippen molar-refractivity contribution in [1.82, 2.24) is 9.55 Å². The zero-order chi connectivity index (χ0) is 21.3. The third kappa shape index (κ3) is 3.76. The van der Waals surface area contributed by atoms with Crippen molar-refractivity contribution in [2.24, 2.45) is 0 Å². The van der Waals surface area contributed by atoms with Gasteiger partial charge in [0.25, 0.3) is 0 Å². The van der Waals surface area contributed by atoms with E-state index in [-0.39, 0.29) is 11.6 Å². The maximum Gasteiger partial charge on any atom is 0.348 e. The number of benzene rings is 2. The Morgan fingerprint density at radius 1 is 1.23 bits per heavy atom. The van der Waals surface area contributed by atoms with Crippen molar-refractivity contribution in [2.75, 3.05) is 19.0 Å². The first kappa shape index (κ1) is 20.3. The van der Waals surface area contributed by atoms with Gasteiger partial charge in [-0.2, -0.15) is 4.98 Å². The molecule has 0 unspecified atom stereocenters. The lowest BCUT2D eigenvalue weighted by atomic mass is 10.1. The van der Waals surface area contributed by atoms with Crippen LogP contribution in [0.1, 0.15) is 13.3 Å². The van der Waals surface area contributed by atoms with Crippen LogP contribution >= 0.6 is 15.9 Å². The number of nitrogens with zero attached hydrogens (tertiary/aromatic N) is 2. The van der Waals surface area contributed by atoms with Gasteiger partial charge in [-0.3, -0.25) is 9.36 Å². The smallest absolute Gasteiger partial charge is 0.348 e. The monoisotopic (exact) mass is 469 g/mol. The molecule has 0 bridgehead atoms. The van der Waals surface area contributed by atoms with E-state index in [4.69, 9.17) is 9.15 Å². The fourth-order valence-corrected chi connectivity index (χ4v) is 3.67. The predicted octanol–water partition coefficient (Wildman–Crippen LogP) is 4.57. The molecular formula is C22H20BrN3O4. The molecule has 154 valence electrons. The van der Waals surface area contributed by atoms with Gasteiger partial charge in [-0.05, 0) is 30.3 Å². The number of hydrogen-bond acceptors (Lipinski definition) is 5. The van der Waals surface area contributed by atoms with E-state index >= 15 is 0 Å². The van der Waals surface area contributed by atoms with Crippen LogP contribution < -0.4 is 11.0 Å². The van der Waals surface area contributed by atoms with Crippen LogP contribution in [-0.4, -0.2) is 29.2 Å². The second-order valence-corrected chi connectivity index (χ2v) is 7.70. The molecule has 2 aromatic carbocycles. The highest BCUT2D eigenvalue weighted by atomic mass is 79.9. The summed E-state index contributed by atoms with van der Waals surface area (Å²) in [4.78, 5) is 28.8. The van der Waals surface area contributed by atoms with Crippen molar-refractivity contribution in [2.45, 2.75) is 19.9 Å². The molecule has 0 saturated carbocycles. The molecule has 1 amide bonds. The molecule has 8 heteroatoms. The number of hydrogen-bond donors (Lipinski definition) is 1. The van der Waals surface area contributed by atoms with Crippen LogP contribution in [0.4, 0.5) is 5.69 Å². The molecule has 0 atom stereocenters. The number of ether oxygens (including phenoxy) is 1. The predicted molar refractivity (Wildman–Crippen MR) is 120 cm³/mol. The lowest BCUT2D eigenvalue weighted by molar-refractivity contribution is -0.115. The van der Waals surface area contributed by atoms with Crippen LogP contribution in [0.25, 0.3) is 33.3 Å². The molecular weight excluding hydrogens is 450 g/mol. The molecule has 4 aromatic rings. The minimum atomic E-state index is -0.372. The van der Waals surface area contributed by atoms with Crippen molar-refractivity contribution in [3.8, 4) is 11.3 Å². The number of fused-ring (bicyclic) bond motifs is 3. The summed E-state index contributed by atoms with van der Waals surface area (Å²) in [7, 11) is 1.59. The minimum absolute atomic E-state index is 0.0631. The van der Waals surface area contributed by atoms with Crippen molar-refractivity contribution in [3.63, 3.8) is 0 Å².